The Morgan fingerprint density at radius 2 is 1.87 bits per heavy atom. The Balaban J connectivity index is 0.00000480. The first kappa shape index (κ1) is 28.0. The van der Waals surface area contributed by atoms with Gasteiger partial charge in [0.05, 0.1) is 19.7 Å². The second-order valence-electron chi connectivity index (χ2n) is 8.43. The third kappa shape index (κ3) is 9.53. The van der Waals surface area contributed by atoms with E-state index < -0.39 is 0 Å². The molecular formula is C24H44IN5O. The molecule has 1 aromatic rings. The number of rotatable bonds is 12. The number of ether oxygens (including phenoxy) is 1. The fourth-order valence-corrected chi connectivity index (χ4v) is 3.88. The highest BCUT2D eigenvalue weighted by molar-refractivity contribution is 14.0. The van der Waals surface area contributed by atoms with Gasteiger partial charge in [0.25, 0.3) is 0 Å². The molecule has 0 spiro atoms. The molecule has 1 fully saturated rings. The van der Waals surface area contributed by atoms with Crippen LogP contribution in [-0.4, -0.2) is 75.2 Å². The van der Waals surface area contributed by atoms with Gasteiger partial charge in [-0.3, -0.25) is 9.89 Å². The Morgan fingerprint density at radius 3 is 2.52 bits per heavy atom. The molecule has 178 valence electrons. The van der Waals surface area contributed by atoms with Crippen molar-refractivity contribution in [1.29, 1.82) is 0 Å². The van der Waals surface area contributed by atoms with E-state index in [1.807, 2.05) is 6.07 Å². The summed E-state index contributed by atoms with van der Waals surface area (Å²) in [6.45, 7) is 12.5. The van der Waals surface area contributed by atoms with E-state index >= 15 is 0 Å². The fraction of sp³-hybridized carbons (Fsp3) is 0.708. The predicted molar refractivity (Wildman–Crippen MR) is 143 cm³/mol. The lowest BCUT2D eigenvalue weighted by Crippen LogP contribution is -2.39. The van der Waals surface area contributed by atoms with E-state index in [0.717, 1.165) is 57.4 Å². The van der Waals surface area contributed by atoms with Crippen molar-refractivity contribution < 1.29 is 4.74 Å². The van der Waals surface area contributed by atoms with Gasteiger partial charge in [0.15, 0.2) is 5.96 Å². The van der Waals surface area contributed by atoms with Gasteiger partial charge in [-0.05, 0) is 79.2 Å². The molecule has 1 saturated heterocycles. The van der Waals surface area contributed by atoms with Crippen molar-refractivity contribution in [2.75, 3.05) is 53.4 Å². The van der Waals surface area contributed by atoms with Crippen LogP contribution in [-0.2, 0) is 0 Å². The minimum Gasteiger partial charge on any atom is -0.496 e. The molecule has 1 heterocycles. The molecule has 7 heteroatoms. The Bertz CT molecular complexity index is 634. The van der Waals surface area contributed by atoms with Crippen LogP contribution in [0, 0.1) is 0 Å². The van der Waals surface area contributed by atoms with E-state index in [-0.39, 0.29) is 30.0 Å². The maximum Gasteiger partial charge on any atom is 0.191 e. The number of hydrogen-bond donors (Lipinski definition) is 2. The summed E-state index contributed by atoms with van der Waals surface area (Å²) in [5, 5.41) is 6.93. The molecule has 1 aromatic carbocycles. The second-order valence-corrected chi connectivity index (χ2v) is 8.43. The third-order valence-corrected chi connectivity index (χ3v) is 5.96. The van der Waals surface area contributed by atoms with Crippen molar-refractivity contribution >= 4 is 29.9 Å². The third-order valence-electron chi connectivity index (χ3n) is 5.96. The van der Waals surface area contributed by atoms with Crippen LogP contribution in [0.2, 0.25) is 0 Å². The van der Waals surface area contributed by atoms with E-state index in [1.54, 1.807) is 7.11 Å². The summed E-state index contributed by atoms with van der Waals surface area (Å²) >= 11 is 0. The SMILES string of the molecule is CCNC(=NCC(c1ccccc1OC)N1CCCC1)NCCCCN(C)C(C)C.I. The Hall–Kier alpha value is -1.06. The van der Waals surface area contributed by atoms with Crippen molar-refractivity contribution in [3.8, 4) is 5.75 Å². The average molecular weight is 546 g/mol. The number of nitrogens with one attached hydrogen (secondary N) is 2. The van der Waals surface area contributed by atoms with Crippen molar-refractivity contribution in [2.24, 2.45) is 4.99 Å². The fourth-order valence-electron chi connectivity index (χ4n) is 3.88. The van der Waals surface area contributed by atoms with E-state index in [4.69, 9.17) is 9.73 Å². The molecular weight excluding hydrogens is 501 g/mol. The van der Waals surface area contributed by atoms with Crippen LogP contribution in [0.5, 0.6) is 5.75 Å². The molecule has 0 saturated carbocycles. The van der Waals surface area contributed by atoms with Gasteiger partial charge in [0.1, 0.15) is 5.75 Å². The number of halogens is 1. The molecule has 2 N–H and O–H groups in total. The van der Waals surface area contributed by atoms with Crippen LogP contribution >= 0.6 is 24.0 Å². The number of unbranched alkanes of at least 4 members (excludes halogenated alkanes) is 1. The Morgan fingerprint density at radius 1 is 1.16 bits per heavy atom. The van der Waals surface area contributed by atoms with Crippen LogP contribution in [0.4, 0.5) is 0 Å². The standard InChI is InChI=1S/C24H43N5O.HI/c1-6-25-24(26-15-9-10-16-28(4)20(2)3)27-19-22(29-17-11-12-18-29)21-13-7-8-14-23(21)30-5;/h7-8,13-14,20,22H,6,9-12,15-19H2,1-5H3,(H2,25,26,27);1H. The maximum atomic E-state index is 5.66. The van der Waals surface area contributed by atoms with Crippen LogP contribution in [0.1, 0.15) is 58.1 Å². The summed E-state index contributed by atoms with van der Waals surface area (Å²) in [6.07, 6.45) is 4.86. The van der Waals surface area contributed by atoms with Gasteiger partial charge < -0.3 is 20.3 Å². The topological polar surface area (TPSA) is 52.1 Å². The van der Waals surface area contributed by atoms with E-state index in [9.17, 15) is 0 Å². The number of aliphatic imine (C=N–C) groups is 1. The quantitative estimate of drug-likeness (QED) is 0.179. The highest BCUT2D eigenvalue weighted by Gasteiger charge is 2.25. The monoisotopic (exact) mass is 545 g/mol. The maximum absolute atomic E-state index is 5.66. The first-order chi connectivity index (χ1) is 14.6. The van der Waals surface area contributed by atoms with Crippen molar-refractivity contribution in [2.45, 2.75) is 58.5 Å². The van der Waals surface area contributed by atoms with Gasteiger partial charge in [-0.2, -0.15) is 0 Å². The number of nitrogens with zero attached hydrogens (tertiary/aromatic N) is 3. The zero-order valence-corrected chi connectivity index (χ0v) is 22.5. The number of guanidine groups is 1. The van der Waals surface area contributed by atoms with E-state index in [1.165, 1.54) is 24.8 Å². The summed E-state index contributed by atoms with van der Waals surface area (Å²) in [7, 11) is 3.95. The highest BCUT2D eigenvalue weighted by atomic mass is 127. The first-order valence-electron chi connectivity index (χ1n) is 11.7. The van der Waals surface area contributed by atoms with Gasteiger partial charge in [-0.15, -0.1) is 24.0 Å². The molecule has 0 amide bonds. The summed E-state index contributed by atoms with van der Waals surface area (Å²) < 4.78 is 5.66. The Kier molecular flexibility index (Phi) is 14.2. The van der Waals surface area contributed by atoms with Crippen molar-refractivity contribution in [3.63, 3.8) is 0 Å². The van der Waals surface area contributed by atoms with E-state index in [2.05, 4.69) is 66.5 Å². The molecule has 6 nitrogen and oxygen atoms in total. The molecule has 1 aliphatic heterocycles. The lowest BCUT2D eigenvalue weighted by atomic mass is 10.0. The highest BCUT2D eigenvalue weighted by Crippen LogP contribution is 2.31. The largest absolute Gasteiger partial charge is 0.496 e. The summed E-state index contributed by atoms with van der Waals surface area (Å²) in [4.78, 5) is 9.90. The van der Waals surface area contributed by atoms with Gasteiger partial charge in [0, 0.05) is 24.7 Å². The van der Waals surface area contributed by atoms with Gasteiger partial charge in [0.2, 0.25) is 0 Å². The molecule has 0 aromatic heterocycles. The van der Waals surface area contributed by atoms with Crippen LogP contribution in [0.25, 0.3) is 0 Å². The number of likely N-dealkylation sites (tertiary alicyclic amines) is 1. The second kappa shape index (κ2) is 15.7. The van der Waals surface area contributed by atoms with Crippen molar-refractivity contribution in [3.05, 3.63) is 29.8 Å². The summed E-state index contributed by atoms with van der Waals surface area (Å²) in [6, 6.07) is 9.23. The minimum absolute atomic E-state index is 0. The Labute approximate surface area is 207 Å². The first-order valence-corrected chi connectivity index (χ1v) is 11.7. The van der Waals surface area contributed by atoms with Gasteiger partial charge >= 0.3 is 0 Å². The molecule has 31 heavy (non-hydrogen) atoms. The van der Waals surface area contributed by atoms with Crippen LogP contribution < -0.4 is 15.4 Å². The molecule has 0 bridgehead atoms. The molecule has 1 aliphatic rings. The van der Waals surface area contributed by atoms with E-state index in [0.29, 0.717) is 6.04 Å². The summed E-state index contributed by atoms with van der Waals surface area (Å²) in [5.41, 5.74) is 1.23. The zero-order valence-electron chi connectivity index (χ0n) is 20.2. The normalized spacial score (nSPS) is 15.8. The molecule has 1 atom stereocenters. The lowest BCUT2D eigenvalue weighted by molar-refractivity contribution is 0.245. The number of methoxy groups -OCH3 is 1. The van der Waals surface area contributed by atoms with Gasteiger partial charge in [-0.25, -0.2) is 0 Å². The molecule has 1 unspecified atom stereocenters. The number of hydrogen-bond acceptors (Lipinski definition) is 4. The van der Waals surface area contributed by atoms with Gasteiger partial charge in [-0.1, -0.05) is 18.2 Å². The van der Waals surface area contributed by atoms with Crippen LogP contribution in [0.3, 0.4) is 0 Å². The molecule has 2 rings (SSSR count). The smallest absolute Gasteiger partial charge is 0.191 e. The number of benzene rings is 1. The molecule has 0 aliphatic carbocycles. The minimum atomic E-state index is 0. The zero-order chi connectivity index (χ0) is 21.8. The average Bonchev–Trinajstić information content (AvgIpc) is 3.28. The van der Waals surface area contributed by atoms with Crippen LogP contribution in [0.15, 0.2) is 29.3 Å². The lowest BCUT2D eigenvalue weighted by Gasteiger charge is -2.28. The summed E-state index contributed by atoms with van der Waals surface area (Å²) in [5.74, 6) is 1.87. The number of para-hydroxylation sites is 1. The predicted octanol–water partition coefficient (Wildman–Crippen LogP) is 4.13. The van der Waals surface area contributed by atoms with Crippen molar-refractivity contribution in [1.82, 2.24) is 20.4 Å². The molecule has 0 radical (unpaired) electrons.